The molecule has 1 aromatic carbocycles. The monoisotopic (exact) mass is 234 g/mol. The van der Waals surface area contributed by atoms with Gasteiger partial charge in [0.15, 0.2) is 0 Å². The maximum atomic E-state index is 13.2. The van der Waals surface area contributed by atoms with Crippen molar-refractivity contribution in [3.8, 4) is 0 Å². The summed E-state index contributed by atoms with van der Waals surface area (Å²) >= 11 is 0. The standard InChI is InChI=1S/C13H15FN2O/c1-9-10(5-6-17-9)8-16(2)13-7-11(14)3-4-12(13)15/h3-7H,8,15H2,1-2H3. The van der Waals surface area contributed by atoms with Gasteiger partial charge in [0.1, 0.15) is 11.6 Å². The first-order valence-electron chi connectivity index (χ1n) is 5.37. The van der Waals surface area contributed by atoms with Crippen LogP contribution in [-0.2, 0) is 6.54 Å². The number of nitrogen functional groups attached to an aromatic ring is 1. The molecule has 0 aliphatic heterocycles. The van der Waals surface area contributed by atoms with E-state index in [0.717, 1.165) is 11.3 Å². The molecule has 3 nitrogen and oxygen atoms in total. The van der Waals surface area contributed by atoms with E-state index in [4.69, 9.17) is 10.2 Å². The highest BCUT2D eigenvalue weighted by Gasteiger charge is 2.09. The van der Waals surface area contributed by atoms with Gasteiger partial charge in [-0.05, 0) is 31.2 Å². The summed E-state index contributed by atoms with van der Waals surface area (Å²) in [5.74, 6) is 0.580. The maximum absolute atomic E-state index is 13.2. The molecule has 1 heterocycles. The van der Waals surface area contributed by atoms with Crippen LogP contribution >= 0.6 is 0 Å². The fourth-order valence-corrected chi connectivity index (χ4v) is 1.76. The second-order valence-electron chi connectivity index (χ2n) is 4.06. The zero-order valence-electron chi connectivity index (χ0n) is 9.90. The smallest absolute Gasteiger partial charge is 0.125 e. The first kappa shape index (κ1) is 11.5. The van der Waals surface area contributed by atoms with Crippen molar-refractivity contribution in [2.45, 2.75) is 13.5 Å². The van der Waals surface area contributed by atoms with E-state index in [1.807, 2.05) is 24.9 Å². The number of anilines is 2. The molecule has 0 radical (unpaired) electrons. The van der Waals surface area contributed by atoms with Gasteiger partial charge in [-0.1, -0.05) is 0 Å². The summed E-state index contributed by atoms with van der Waals surface area (Å²) in [6.07, 6.45) is 1.65. The van der Waals surface area contributed by atoms with Crippen molar-refractivity contribution >= 4 is 11.4 Å². The van der Waals surface area contributed by atoms with E-state index in [1.54, 1.807) is 12.3 Å². The molecule has 0 saturated carbocycles. The molecule has 0 unspecified atom stereocenters. The number of benzene rings is 1. The van der Waals surface area contributed by atoms with E-state index in [2.05, 4.69) is 0 Å². The Balaban J connectivity index is 2.23. The van der Waals surface area contributed by atoms with Crippen LogP contribution in [0.3, 0.4) is 0 Å². The number of hydrogen-bond donors (Lipinski definition) is 1. The Bertz CT molecular complexity index is 522. The van der Waals surface area contributed by atoms with Crippen LogP contribution in [0.5, 0.6) is 0 Å². The molecular weight excluding hydrogens is 219 g/mol. The van der Waals surface area contributed by atoms with Crippen LogP contribution in [0.1, 0.15) is 11.3 Å². The first-order chi connectivity index (χ1) is 8.08. The lowest BCUT2D eigenvalue weighted by molar-refractivity contribution is 0.529. The Morgan fingerprint density at radius 3 is 2.76 bits per heavy atom. The molecule has 17 heavy (non-hydrogen) atoms. The predicted octanol–water partition coefficient (Wildman–Crippen LogP) is 2.95. The number of hydrogen-bond acceptors (Lipinski definition) is 3. The molecule has 1 aromatic heterocycles. The molecule has 0 amide bonds. The molecule has 2 N–H and O–H groups in total. The quantitative estimate of drug-likeness (QED) is 0.830. The van der Waals surface area contributed by atoms with Gasteiger partial charge in [-0.15, -0.1) is 0 Å². The predicted molar refractivity (Wildman–Crippen MR) is 66.4 cm³/mol. The molecule has 2 aromatic rings. The van der Waals surface area contributed by atoms with Gasteiger partial charge in [0.05, 0.1) is 17.6 Å². The highest BCUT2D eigenvalue weighted by atomic mass is 19.1. The van der Waals surface area contributed by atoms with Crippen LogP contribution in [0, 0.1) is 12.7 Å². The molecule has 0 saturated heterocycles. The molecule has 4 heteroatoms. The van der Waals surface area contributed by atoms with Gasteiger partial charge in [-0.2, -0.15) is 0 Å². The third kappa shape index (κ3) is 2.41. The van der Waals surface area contributed by atoms with Crippen LogP contribution in [0.25, 0.3) is 0 Å². The van der Waals surface area contributed by atoms with Crippen molar-refractivity contribution in [2.24, 2.45) is 0 Å². The van der Waals surface area contributed by atoms with Gasteiger partial charge in [0.25, 0.3) is 0 Å². The van der Waals surface area contributed by atoms with Crippen molar-refractivity contribution in [1.82, 2.24) is 0 Å². The molecule has 0 atom stereocenters. The third-order valence-electron chi connectivity index (χ3n) is 2.78. The summed E-state index contributed by atoms with van der Waals surface area (Å²) in [6, 6.07) is 6.27. The summed E-state index contributed by atoms with van der Waals surface area (Å²) in [5.41, 5.74) is 8.14. The van der Waals surface area contributed by atoms with Crippen LogP contribution in [0.2, 0.25) is 0 Å². The largest absolute Gasteiger partial charge is 0.469 e. The second kappa shape index (κ2) is 4.49. The van der Waals surface area contributed by atoms with E-state index in [0.29, 0.717) is 17.9 Å². The van der Waals surface area contributed by atoms with E-state index >= 15 is 0 Å². The summed E-state index contributed by atoms with van der Waals surface area (Å²) in [4.78, 5) is 1.90. The average Bonchev–Trinajstić information content (AvgIpc) is 2.68. The van der Waals surface area contributed by atoms with Gasteiger partial charge >= 0.3 is 0 Å². The maximum Gasteiger partial charge on any atom is 0.125 e. The lowest BCUT2D eigenvalue weighted by atomic mass is 10.2. The van der Waals surface area contributed by atoms with Crippen LogP contribution in [-0.4, -0.2) is 7.05 Å². The lowest BCUT2D eigenvalue weighted by Gasteiger charge is -2.20. The Kier molecular flexibility index (Phi) is 3.04. The second-order valence-corrected chi connectivity index (χ2v) is 4.06. The molecule has 0 aliphatic carbocycles. The SMILES string of the molecule is Cc1occc1CN(C)c1cc(F)ccc1N. The summed E-state index contributed by atoms with van der Waals surface area (Å²) in [6.45, 7) is 2.54. The van der Waals surface area contributed by atoms with Gasteiger partial charge in [0.2, 0.25) is 0 Å². The minimum atomic E-state index is -0.287. The van der Waals surface area contributed by atoms with Gasteiger partial charge < -0.3 is 15.1 Å². The Morgan fingerprint density at radius 2 is 2.12 bits per heavy atom. The minimum Gasteiger partial charge on any atom is -0.469 e. The lowest BCUT2D eigenvalue weighted by Crippen LogP contribution is -2.18. The Morgan fingerprint density at radius 1 is 1.35 bits per heavy atom. The van der Waals surface area contributed by atoms with Crippen molar-refractivity contribution in [1.29, 1.82) is 0 Å². The summed E-state index contributed by atoms with van der Waals surface area (Å²) in [5, 5.41) is 0. The number of furan rings is 1. The number of nitrogens with two attached hydrogens (primary N) is 1. The Labute approximate surface area is 99.6 Å². The Hall–Kier alpha value is -1.97. The van der Waals surface area contributed by atoms with Crippen LogP contribution in [0.4, 0.5) is 15.8 Å². The molecule has 0 bridgehead atoms. The van der Waals surface area contributed by atoms with Gasteiger partial charge in [0, 0.05) is 19.2 Å². The molecule has 2 rings (SSSR count). The highest BCUT2D eigenvalue weighted by molar-refractivity contribution is 5.67. The molecule has 0 spiro atoms. The normalized spacial score (nSPS) is 10.5. The zero-order chi connectivity index (χ0) is 12.4. The molecular formula is C13H15FN2O. The third-order valence-corrected chi connectivity index (χ3v) is 2.78. The summed E-state index contributed by atoms with van der Waals surface area (Å²) in [7, 11) is 1.87. The van der Waals surface area contributed by atoms with Crippen LogP contribution < -0.4 is 10.6 Å². The van der Waals surface area contributed by atoms with Crippen LogP contribution in [0.15, 0.2) is 34.9 Å². The van der Waals surface area contributed by atoms with Crippen molar-refractivity contribution in [3.63, 3.8) is 0 Å². The van der Waals surface area contributed by atoms with E-state index in [1.165, 1.54) is 12.1 Å². The van der Waals surface area contributed by atoms with Gasteiger partial charge in [-0.3, -0.25) is 0 Å². The van der Waals surface area contributed by atoms with E-state index in [9.17, 15) is 4.39 Å². The van der Waals surface area contributed by atoms with Crippen molar-refractivity contribution in [2.75, 3.05) is 17.7 Å². The number of nitrogens with zero attached hydrogens (tertiary/aromatic N) is 1. The van der Waals surface area contributed by atoms with E-state index < -0.39 is 0 Å². The van der Waals surface area contributed by atoms with Crippen molar-refractivity contribution < 1.29 is 8.81 Å². The average molecular weight is 234 g/mol. The fraction of sp³-hybridized carbons (Fsp3) is 0.231. The summed E-state index contributed by atoms with van der Waals surface area (Å²) < 4.78 is 18.4. The number of halogens is 1. The highest BCUT2D eigenvalue weighted by Crippen LogP contribution is 2.25. The first-order valence-corrected chi connectivity index (χ1v) is 5.37. The molecule has 0 fully saturated rings. The van der Waals surface area contributed by atoms with Gasteiger partial charge in [-0.25, -0.2) is 4.39 Å². The minimum absolute atomic E-state index is 0.287. The molecule has 0 aliphatic rings. The molecule has 90 valence electrons. The number of aryl methyl sites for hydroxylation is 1. The zero-order valence-corrected chi connectivity index (χ0v) is 9.90. The fourth-order valence-electron chi connectivity index (χ4n) is 1.76. The van der Waals surface area contributed by atoms with Crippen molar-refractivity contribution in [3.05, 3.63) is 47.7 Å². The number of rotatable bonds is 3. The van der Waals surface area contributed by atoms with E-state index in [-0.39, 0.29) is 5.82 Å². The topological polar surface area (TPSA) is 42.4 Å².